The van der Waals surface area contributed by atoms with Gasteiger partial charge in [-0.3, -0.25) is 0 Å². The molecule has 0 saturated heterocycles. The van der Waals surface area contributed by atoms with Crippen molar-refractivity contribution in [1.82, 2.24) is 0 Å². The molecule has 0 saturated carbocycles. The largest absolute Gasteiger partial charge is 0.492 e. The smallest absolute Gasteiger partial charge is 0.119 e. The standard InChI is InChI=1S/C12H12BrNOS/c13-10-1-3-12(4-2-10)15-7-6-14-11-5-8-16-9-11/h1-5,8-9,14H,6-7H2. The molecule has 84 valence electrons. The van der Waals surface area contributed by atoms with E-state index in [1.807, 2.05) is 24.3 Å². The Hall–Kier alpha value is -1.00. The molecule has 1 N–H and O–H groups in total. The molecule has 2 nitrogen and oxygen atoms in total. The third kappa shape index (κ3) is 3.54. The van der Waals surface area contributed by atoms with E-state index in [4.69, 9.17) is 4.74 Å². The SMILES string of the molecule is Brc1ccc(OCCNc2ccsc2)cc1. The van der Waals surface area contributed by atoms with E-state index in [0.29, 0.717) is 6.61 Å². The summed E-state index contributed by atoms with van der Waals surface area (Å²) in [4.78, 5) is 0. The Kier molecular flexibility index (Phi) is 4.25. The molecule has 0 aliphatic carbocycles. The van der Waals surface area contributed by atoms with Gasteiger partial charge in [0.25, 0.3) is 0 Å². The predicted molar refractivity (Wildman–Crippen MR) is 72.4 cm³/mol. The topological polar surface area (TPSA) is 21.3 Å². The van der Waals surface area contributed by atoms with E-state index in [0.717, 1.165) is 22.5 Å². The predicted octanol–water partition coefficient (Wildman–Crippen LogP) is 4.00. The van der Waals surface area contributed by atoms with Crippen LogP contribution in [0.5, 0.6) is 5.75 Å². The van der Waals surface area contributed by atoms with Crippen LogP contribution < -0.4 is 10.1 Å². The maximum absolute atomic E-state index is 5.58. The number of hydrogen-bond donors (Lipinski definition) is 1. The Morgan fingerprint density at radius 1 is 1.19 bits per heavy atom. The average Bonchev–Trinajstić information content (AvgIpc) is 2.80. The fourth-order valence-electron chi connectivity index (χ4n) is 1.26. The van der Waals surface area contributed by atoms with Crippen LogP contribution in [-0.4, -0.2) is 13.2 Å². The molecule has 1 aromatic carbocycles. The molecular weight excluding hydrogens is 286 g/mol. The molecular formula is C12H12BrNOS. The minimum Gasteiger partial charge on any atom is -0.492 e. The van der Waals surface area contributed by atoms with E-state index in [1.54, 1.807) is 11.3 Å². The highest BCUT2D eigenvalue weighted by Gasteiger charge is 1.94. The van der Waals surface area contributed by atoms with Crippen LogP contribution in [0, 0.1) is 0 Å². The van der Waals surface area contributed by atoms with Crippen LogP contribution in [0.1, 0.15) is 0 Å². The van der Waals surface area contributed by atoms with Crippen molar-refractivity contribution in [2.24, 2.45) is 0 Å². The summed E-state index contributed by atoms with van der Waals surface area (Å²) in [5.74, 6) is 0.898. The first-order chi connectivity index (χ1) is 7.84. The van der Waals surface area contributed by atoms with Crippen molar-refractivity contribution >= 4 is 33.0 Å². The minimum absolute atomic E-state index is 0.664. The molecule has 0 spiro atoms. The van der Waals surface area contributed by atoms with Gasteiger partial charge in [-0.15, -0.1) is 0 Å². The highest BCUT2D eigenvalue weighted by molar-refractivity contribution is 9.10. The first-order valence-corrected chi connectivity index (χ1v) is 6.72. The molecule has 0 unspecified atom stereocenters. The number of benzene rings is 1. The van der Waals surface area contributed by atoms with Crippen LogP contribution in [0.15, 0.2) is 45.6 Å². The number of hydrogen-bond acceptors (Lipinski definition) is 3. The lowest BCUT2D eigenvalue weighted by Crippen LogP contribution is -2.10. The summed E-state index contributed by atoms with van der Waals surface area (Å²) in [5, 5.41) is 7.42. The van der Waals surface area contributed by atoms with Gasteiger partial charge in [0.1, 0.15) is 12.4 Å². The van der Waals surface area contributed by atoms with Crippen LogP contribution in [-0.2, 0) is 0 Å². The highest BCUT2D eigenvalue weighted by atomic mass is 79.9. The van der Waals surface area contributed by atoms with Gasteiger partial charge < -0.3 is 10.1 Å². The molecule has 0 radical (unpaired) electrons. The van der Waals surface area contributed by atoms with Crippen LogP contribution >= 0.6 is 27.3 Å². The van der Waals surface area contributed by atoms with Crippen molar-refractivity contribution in [2.45, 2.75) is 0 Å². The fraction of sp³-hybridized carbons (Fsp3) is 0.167. The van der Waals surface area contributed by atoms with Crippen molar-refractivity contribution in [3.05, 3.63) is 45.6 Å². The van der Waals surface area contributed by atoms with E-state index in [1.165, 1.54) is 0 Å². The van der Waals surface area contributed by atoms with Gasteiger partial charge in [0.2, 0.25) is 0 Å². The summed E-state index contributed by atoms with van der Waals surface area (Å²) in [5.41, 5.74) is 1.16. The maximum atomic E-state index is 5.58. The van der Waals surface area contributed by atoms with Crippen molar-refractivity contribution in [1.29, 1.82) is 0 Å². The van der Waals surface area contributed by atoms with E-state index in [2.05, 4.69) is 38.1 Å². The van der Waals surface area contributed by atoms with E-state index >= 15 is 0 Å². The lowest BCUT2D eigenvalue weighted by Gasteiger charge is -2.07. The summed E-state index contributed by atoms with van der Waals surface area (Å²) < 4.78 is 6.65. The van der Waals surface area contributed by atoms with Gasteiger partial charge in [-0.25, -0.2) is 0 Å². The lowest BCUT2D eigenvalue weighted by molar-refractivity contribution is 0.333. The number of rotatable bonds is 5. The van der Waals surface area contributed by atoms with Crippen LogP contribution in [0.3, 0.4) is 0 Å². The Labute approximate surface area is 107 Å². The second-order valence-electron chi connectivity index (χ2n) is 3.24. The fourth-order valence-corrected chi connectivity index (χ4v) is 2.14. The highest BCUT2D eigenvalue weighted by Crippen LogP contribution is 2.16. The molecule has 0 amide bonds. The Bertz CT molecular complexity index is 413. The van der Waals surface area contributed by atoms with Crippen LogP contribution in [0.2, 0.25) is 0 Å². The lowest BCUT2D eigenvalue weighted by atomic mass is 10.3. The normalized spacial score (nSPS) is 10.1. The number of thiophene rings is 1. The number of anilines is 1. The maximum Gasteiger partial charge on any atom is 0.119 e. The molecule has 2 rings (SSSR count). The summed E-state index contributed by atoms with van der Waals surface area (Å²) in [6.45, 7) is 1.48. The van der Waals surface area contributed by atoms with E-state index in [9.17, 15) is 0 Å². The Morgan fingerprint density at radius 3 is 2.69 bits per heavy atom. The zero-order chi connectivity index (χ0) is 11.2. The minimum atomic E-state index is 0.664. The second kappa shape index (κ2) is 5.92. The average molecular weight is 298 g/mol. The second-order valence-corrected chi connectivity index (χ2v) is 4.94. The Morgan fingerprint density at radius 2 is 2.00 bits per heavy atom. The third-order valence-corrected chi connectivity index (χ3v) is 3.25. The molecule has 0 bridgehead atoms. The molecule has 16 heavy (non-hydrogen) atoms. The van der Waals surface area contributed by atoms with Gasteiger partial charge in [0, 0.05) is 22.1 Å². The zero-order valence-corrected chi connectivity index (χ0v) is 11.1. The molecule has 2 aromatic rings. The summed E-state index contributed by atoms with van der Waals surface area (Å²) in [7, 11) is 0. The van der Waals surface area contributed by atoms with E-state index < -0.39 is 0 Å². The third-order valence-electron chi connectivity index (χ3n) is 2.03. The van der Waals surface area contributed by atoms with Crippen molar-refractivity contribution in [3.63, 3.8) is 0 Å². The van der Waals surface area contributed by atoms with Gasteiger partial charge in [0.05, 0.1) is 0 Å². The molecule has 0 atom stereocenters. The Balaban J connectivity index is 1.70. The van der Waals surface area contributed by atoms with Crippen molar-refractivity contribution in [3.8, 4) is 5.75 Å². The summed E-state index contributed by atoms with van der Waals surface area (Å²) in [6.07, 6.45) is 0. The molecule has 1 aromatic heterocycles. The number of nitrogens with one attached hydrogen (secondary N) is 1. The van der Waals surface area contributed by atoms with Crippen molar-refractivity contribution in [2.75, 3.05) is 18.5 Å². The van der Waals surface area contributed by atoms with Crippen LogP contribution in [0.4, 0.5) is 5.69 Å². The molecule has 0 aliphatic heterocycles. The zero-order valence-electron chi connectivity index (χ0n) is 8.65. The van der Waals surface area contributed by atoms with Crippen molar-refractivity contribution < 1.29 is 4.74 Å². The molecule has 4 heteroatoms. The van der Waals surface area contributed by atoms with E-state index in [-0.39, 0.29) is 0 Å². The quantitative estimate of drug-likeness (QED) is 0.842. The van der Waals surface area contributed by atoms with Crippen LogP contribution in [0.25, 0.3) is 0 Å². The van der Waals surface area contributed by atoms with Gasteiger partial charge in [-0.1, -0.05) is 15.9 Å². The first kappa shape index (κ1) is 11.5. The molecule has 0 aliphatic rings. The van der Waals surface area contributed by atoms with Gasteiger partial charge >= 0.3 is 0 Å². The molecule has 1 heterocycles. The summed E-state index contributed by atoms with van der Waals surface area (Å²) >= 11 is 5.07. The van der Waals surface area contributed by atoms with Gasteiger partial charge in [-0.2, -0.15) is 11.3 Å². The van der Waals surface area contributed by atoms with Gasteiger partial charge in [0.15, 0.2) is 0 Å². The monoisotopic (exact) mass is 297 g/mol. The number of ether oxygens (including phenoxy) is 1. The van der Waals surface area contributed by atoms with Gasteiger partial charge in [-0.05, 0) is 35.7 Å². The summed E-state index contributed by atoms with van der Waals surface area (Å²) in [6, 6.07) is 9.91. The number of halogens is 1. The molecule has 0 fully saturated rings. The first-order valence-electron chi connectivity index (χ1n) is 4.99.